The Morgan fingerprint density at radius 3 is 3.00 bits per heavy atom. The lowest BCUT2D eigenvalue weighted by Crippen LogP contribution is -2.29. The first-order chi connectivity index (χ1) is 7.63. The Morgan fingerprint density at radius 2 is 2.31 bits per heavy atom. The summed E-state index contributed by atoms with van der Waals surface area (Å²) in [5.74, 6) is -0.935. The summed E-state index contributed by atoms with van der Waals surface area (Å²) in [5, 5.41) is 0. The van der Waals surface area contributed by atoms with Crippen molar-refractivity contribution in [2.24, 2.45) is 0 Å². The van der Waals surface area contributed by atoms with Gasteiger partial charge in [-0.3, -0.25) is 4.79 Å². The number of carbonyl (C=O) groups is 2. The molecule has 0 N–H and O–H groups in total. The second kappa shape index (κ2) is 3.92. The summed E-state index contributed by atoms with van der Waals surface area (Å²) in [5.41, 5.74) is 0.286. The van der Waals surface area contributed by atoms with Crippen molar-refractivity contribution in [2.75, 3.05) is 13.7 Å². The number of Topliss-reactive ketones (excluding diaryl/α,β-unsaturated/α-hetero) is 1. The number of ketones is 1. The lowest BCUT2D eigenvalue weighted by atomic mass is 10.0. The zero-order valence-corrected chi connectivity index (χ0v) is 8.53. The van der Waals surface area contributed by atoms with Gasteiger partial charge in [0.25, 0.3) is 0 Å². The molecule has 0 aliphatic carbocycles. The zero-order valence-electron chi connectivity index (χ0n) is 8.53. The van der Waals surface area contributed by atoms with Crippen molar-refractivity contribution in [3.05, 3.63) is 29.3 Å². The lowest BCUT2D eigenvalue weighted by molar-refractivity contribution is 0.0600. The fraction of sp³-hybridized carbons (Fsp3) is 0.273. The molecule has 1 aromatic rings. The Balaban J connectivity index is 2.44. The van der Waals surface area contributed by atoms with Gasteiger partial charge in [0.15, 0.2) is 6.17 Å². The van der Waals surface area contributed by atoms with E-state index >= 15 is 0 Å². The highest BCUT2D eigenvalue weighted by atomic mass is 19.1. The molecule has 0 amide bonds. The first kappa shape index (κ1) is 10.6. The number of esters is 1. The number of ether oxygens (including phenoxy) is 2. The van der Waals surface area contributed by atoms with E-state index in [9.17, 15) is 14.0 Å². The average molecular weight is 224 g/mol. The van der Waals surface area contributed by atoms with Crippen LogP contribution in [0.3, 0.4) is 0 Å². The van der Waals surface area contributed by atoms with Gasteiger partial charge in [-0.25, -0.2) is 9.18 Å². The van der Waals surface area contributed by atoms with E-state index in [1.54, 1.807) is 0 Å². The molecule has 1 atom stereocenters. The summed E-state index contributed by atoms with van der Waals surface area (Å²) in [6.07, 6.45) is -1.67. The monoisotopic (exact) mass is 224 g/mol. The Kier molecular flexibility index (Phi) is 2.60. The highest BCUT2D eigenvalue weighted by Gasteiger charge is 2.29. The standard InChI is InChI=1S/C11H9FO4/c1-15-11(14)6-2-3-9-7(4-6)10(13)8(12)5-16-9/h2-4,8H,5H2,1H3. The predicted molar refractivity (Wildman–Crippen MR) is 52.5 cm³/mol. The summed E-state index contributed by atoms with van der Waals surface area (Å²) < 4.78 is 22.6. The second-order valence-corrected chi connectivity index (χ2v) is 3.35. The topological polar surface area (TPSA) is 52.6 Å². The van der Waals surface area contributed by atoms with Crippen molar-refractivity contribution in [1.82, 2.24) is 0 Å². The summed E-state index contributed by atoms with van der Waals surface area (Å²) in [7, 11) is 1.23. The van der Waals surface area contributed by atoms with Gasteiger partial charge in [0.2, 0.25) is 5.78 Å². The maximum Gasteiger partial charge on any atom is 0.337 e. The van der Waals surface area contributed by atoms with Gasteiger partial charge in [-0.2, -0.15) is 0 Å². The number of methoxy groups -OCH3 is 1. The molecule has 0 spiro atoms. The number of carbonyl (C=O) groups excluding carboxylic acids is 2. The molecule has 2 rings (SSSR count). The summed E-state index contributed by atoms with van der Waals surface area (Å²) in [6.45, 7) is -0.274. The molecule has 1 unspecified atom stereocenters. The average Bonchev–Trinajstić information content (AvgIpc) is 2.32. The molecule has 0 radical (unpaired) electrons. The molecular formula is C11H9FO4. The SMILES string of the molecule is COC(=O)c1ccc2c(c1)C(=O)C(F)CO2. The number of hydrogen-bond donors (Lipinski definition) is 0. The first-order valence-corrected chi connectivity index (χ1v) is 4.67. The minimum Gasteiger partial charge on any atom is -0.489 e. The van der Waals surface area contributed by atoms with E-state index in [4.69, 9.17) is 4.74 Å². The number of alkyl halides is 1. The van der Waals surface area contributed by atoms with Crippen LogP contribution in [0.4, 0.5) is 4.39 Å². The first-order valence-electron chi connectivity index (χ1n) is 4.67. The molecule has 1 aromatic carbocycles. The third kappa shape index (κ3) is 1.64. The van der Waals surface area contributed by atoms with E-state index < -0.39 is 17.9 Å². The minimum absolute atomic E-state index is 0.0849. The third-order valence-corrected chi connectivity index (χ3v) is 2.34. The zero-order chi connectivity index (χ0) is 11.7. The Bertz CT molecular complexity index is 455. The van der Waals surface area contributed by atoms with Crippen LogP contribution < -0.4 is 4.74 Å². The van der Waals surface area contributed by atoms with Gasteiger partial charge < -0.3 is 9.47 Å². The summed E-state index contributed by atoms with van der Waals surface area (Å²) in [6, 6.07) is 4.22. The Hall–Kier alpha value is -1.91. The molecule has 4 nitrogen and oxygen atoms in total. The molecule has 0 saturated heterocycles. The van der Waals surface area contributed by atoms with E-state index in [2.05, 4.69) is 4.74 Å². The number of halogens is 1. The van der Waals surface area contributed by atoms with Crippen molar-refractivity contribution in [1.29, 1.82) is 0 Å². The van der Waals surface area contributed by atoms with Crippen molar-refractivity contribution >= 4 is 11.8 Å². The fourth-order valence-electron chi connectivity index (χ4n) is 1.50. The summed E-state index contributed by atoms with van der Waals surface area (Å²) >= 11 is 0. The third-order valence-electron chi connectivity index (χ3n) is 2.34. The number of rotatable bonds is 1. The number of fused-ring (bicyclic) bond motifs is 1. The quantitative estimate of drug-likeness (QED) is 0.676. The van der Waals surface area contributed by atoms with E-state index in [0.29, 0.717) is 5.75 Å². The Morgan fingerprint density at radius 1 is 1.56 bits per heavy atom. The maximum absolute atomic E-state index is 13.1. The van der Waals surface area contributed by atoms with Gasteiger partial charge in [0, 0.05) is 0 Å². The van der Waals surface area contributed by atoms with Crippen molar-refractivity contribution < 1.29 is 23.5 Å². The predicted octanol–water partition coefficient (Wildman–Crippen LogP) is 1.39. The van der Waals surface area contributed by atoms with Crippen molar-refractivity contribution in [3.8, 4) is 5.75 Å². The smallest absolute Gasteiger partial charge is 0.337 e. The van der Waals surface area contributed by atoms with Gasteiger partial charge in [-0.1, -0.05) is 0 Å². The van der Waals surface area contributed by atoms with Gasteiger partial charge in [0.1, 0.15) is 12.4 Å². The molecule has 0 fully saturated rings. The van der Waals surface area contributed by atoms with Crippen LogP contribution in [0.25, 0.3) is 0 Å². The largest absolute Gasteiger partial charge is 0.489 e. The molecule has 0 saturated carbocycles. The van der Waals surface area contributed by atoms with E-state index in [0.717, 1.165) is 0 Å². The molecule has 16 heavy (non-hydrogen) atoms. The highest BCUT2D eigenvalue weighted by molar-refractivity contribution is 6.04. The van der Waals surface area contributed by atoms with Crippen LogP contribution in [0.1, 0.15) is 20.7 Å². The van der Waals surface area contributed by atoms with Crippen LogP contribution in [0.5, 0.6) is 5.75 Å². The minimum atomic E-state index is -1.67. The highest BCUT2D eigenvalue weighted by Crippen LogP contribution is 2.27. The molecular weight excluding hydrogens is 215 g/mol. The molecule has 1 aliphatic rings. The molecule has 1 aliphatic heterocycles. The van der Waals surface area contributed by atoms with Crippen LogP contribution in [-0.2, 0) is 4.74 Å². The van der Waals surface area contributed by atoms with Crippen LogP contribution >= 0.6 is 0 Å². The van der Waals surface area contributed by atoms with Gasteiger partial charge in [0.05, 0.1) is 18.2 Å². The van der Waals surface area contributed by atoms with Crippen molar-refractivity contribution in [3.63, 3.8) is 0 Å². The van der Waals surface area contributed by atoms with E-state index in [1.165, 1.54) is 25.3 Å². The van der Waals surface area contributed by atoms with Crippen LogP contribution in [0, 0.1) is 0 Å². The van der Waals surface area contributed by atoms with Crippen molar-refractivity contribution in [2.45, 2.75) is 6.17 Å². The van der Waals surface area contributed by atoms with Gasteiger partial charge in [-0.15, -0.1) is 0 Å². The molecule has 0 aromatic heterocycles. The van der Waals surface area contributed by atoms with Gasteiger partial charge in [-0.05, 0) is 18.2 Å². The molecule has 0 bridgehead atoms. The second-order valence-electron chi connectivity index (χ2n) is 3.35. The summed E-state index contributed by atoms with van der Waals surface area (Å²) in [4.78, 5) is 22.7. The molecule has 1 heterocycles. The van der Waals surface area contributed by atoms with E-state index in [-0.39, 0.29) is 17.7 Å². The number of benzene rings is 1. The van der Waals surface area contributed by atoms with Crippen LogP contribution in [0.15, 0.2) is 18.2 Å². The van der Waals surface area contributed by atoms with E-state index in [1.807, 2.05) is 0 Å². The van der Waals surface area contributed by atoms with Gasteiger partial charge >= 0.3 is 5.97 Å². The maximum atomic E-state index is 13.1. The Labute approximate surface area is 91.0 Å². The molecule has 5 heteroatoms. The fourth-order valence-corrected chi connectivity index (χ4v) is 1.50. The van der Waals surface area contributed by atoms with Crippen LogP contribution in [0.2, 0.25) is 0 Å². The number of hydrogen-bond acceptors (Lipinski definition) is 4. The van der Waals surface area contributed by atoms with Crippen LogP contribution in [-0.4, -0.2) is 31.6 Å². The normalized spacial score (nSPS) is 18.6. The molecule has 84 valence electrons. The lowest BCUT2D eigenvalue weighted by Gasteiger charge is -2.19.